The maximum Gasteiger partial charge on any atom is 0.306 e. The molecule has 0 saturated heterocycles. The summed E-state index contributed by atoms with van der Waals surface area (Å²) in [5.41, 5.74) is 0. The molecule has 0 spiro atoms. The number of carbonyl (C=O) groups excluding carboxylic acids is 3. The summed E-state index contributed by atoms with van der Waals surface area (Å²) in [5, 5.41) is 0. The molecule has 0 saturated carbocycles. The third-order valence-electron chi connectivity index (χ3n) is 10.5. The SMILES string of the molecule is CC\C=C/C=C\C=C/C=C\C=C/CCCCCC(=O)OCC(COC(=O)CCC/C=C\C/C=C\C/C=C\C/C=C\C/C=C\CC)OC(=O)CCCCCCC/C=C\CCCCCCCCC. The van der Waals surface area contributed by atoms with Crippen molar-refractivity contribution in [3.8, 4) is 0 Å². The normalized spacial score (nSPS) is 13.2. The van der Waals surface area contributed by atoms with Crippen molar-refractivity contribution in [3.05, 3.63) is 134 Å². The molecule has 0 aromatic heterocycles. The molecule has 1 atom stereocenters. The number of esters is 3. The number of allylic oxidation sites excluding steroid dienone is 22. The number of ether oxygens (including phenoxy) is 3. The van der Waals surface area contributed by atoms with E-state index in [-0.39, 0.29) is 37.5 Å². The molecule has 6 heteroatoms. The fraction of sp³-hybridized carbons (Fsp3) is 0.583. The van der Waals surface area contributed by atoms with Crippen molar-refractivity contribution in [2.45, 2.75) is 213 Å². The minimum atomic E-state index is -0.828. The third kappa shape index (κ3) is 50.5. The summed E-state index contributed by atoms with van der Waals surface area (Å²) in [7, 11) is 0. The van der Waals surface area contributed by atoms with Gasteiger partial charge in [-0.2, -0.15) is 0 Å². The first-order valence-corrected chi connectivity index (χ1v) is 26.3. The lowest BCUT2D eigenvalue weighted by Crippen LogP contribution is -2.30. The van der Waals surface area contributed by atoms with E-state index in [9.17, 15) is 14.4 Å². The van der Waals surface area contributed by atoms with Crippen LogP contribution in [0.3, 0.4) is 0 Å². The second-order valence-electron chi connectivity index (χ2n) is 16.8. The first-order chi connectivity index (χ1) is 32.5. The lowest BCUT2D eigenvalue weighted by Gasteiger charge is -2.18. The lowest BCUT2D eigenvalue weighted by atomic mass is 10.1. The van der Waals surface area contributed by atoms with Gasteiger partial charge in [0.1, 0.15) is 13.2 Å². The number of rotatable bonds is 45. The van der Waals surface area contributed by atoms with Crippen LogP contribution in [0.5, 0.6) is 0 Å². The van der Waals surface area contributed by atoms with Gasteiger partial charge < -0.3 is 14.2 Å². The lowest BCUT2D eigenvalue weighted by molar-refractivity contribution is -0.167. The van der Waals surface area contributed by atoms with E-state index in [4.69, 9.17) is 14.2 Å². The molecule has 0 aliphatic heterocycles. The van der Waals surface area contributed by atoms with Gasteiger partial charge in [-0.05, 0) is 103 Å². The first-order valence-electron chi connectivity index (χ1n) is 26.3. The highest BCUT2D eigenvalue weighted by molar-refractivity contribution is 5.71. The van der Waals surface area contributed by atoms with Gasteiger partial charge in [0.25, 0.3) is 0 Å². The molecule has 0 fully saturated rings. The molecule has 0 aromatic carbocycles. The zero-order valence-corrected chi connectivity index (χ0v) is 42.1. The number of hydrogen-bond acceptors (Lipinski definition) is 6. The van der Waals surface area contributed by atoms with Gasteiger partial charge in [-0.15, -0.1) is 0 Å². The zero-order valence-electron chi connectivity index (χ0n) is 42.1. The fourth-order valence-electron chi connectivity index (χ4n) is 6.61. The second kappa shape index (κ2) is 53.2. The predicted molar refractivity (Wildman–Crippen MR) is 283 cm³/mol. The van der Waals surface area contributed by atoms with Crippen LogP contribution in [-0.2, 0) is 28.6 Å². The highest BCUT2D eigenvalue weighted by atomic mass is 16.6. The molecular weight excluding hydrogens is 817 g/mol. The zero-order chi connectivity index (χ0) is 47.9. The molecule has 1 unspecified atom stereocenters. The Bertz CT molecular complexity index is 1460. The van der Waals surface area contributed by atoms with E-state index in [0.717, 1.165) is 103 Å². The highest BCUT2D eigenvalue weighted by Gasteiger charge is 2.19. The van der Waals surface area contributed by atoms with Crippen LogP contribution in [0, 0.1) is 0 Å². The monoisotopic (exact) mass is 911 g/mol. The maximum atomic E-state index is 12.8. The quantitative estimate of drug-likeness (QED) is 0.0199. The van der Waals surface area contributed by atoms with Crippen molar-refractivity contribution in [1.29, 1.82) is 0 Å². The first kappa shape index (κ1) is 61.5. The van der Waals surface area contributed by atoms with Gasteiger partial charge in [-0.1, -0.05) is 219 Å². The van der Waals surface area contributed by atoms with Gasteiger partial charge in [-0.25, -0.2) is 0 Å². The molecule has 0 aliphatic carbocycles. The smallest absolute Gasteiger partial charge is 0.306 e. The van der Waals surface area contributed by atoms with Crippen LogP contribution in [0.25, 0.3) is 0 Å². The molecule has 0 bridgehead atoms. The minimum absolute atomic E-state index is 0.126. The highest BCUT2D eigenvalue weighted by Crippen LogP contribution is 2.13. The van der Waals surface area contributed by atoms with Crippen molar-refractivity contribution < 1.29 is 28.6 Å². The van der Waals surface area contributed by atoms with Gasteiger partial charge in [0.15, 0.2) is 6.10 Å². The van der Waals surface area contributed by atoms with Crippen LogP contribution < -0.4 is 0 Å². The van der Waals surface area contributed by atoms with Crippen LogP contribution in [0.15, 0.2) is 134 Å². The largest absolute Gasteiger partial charge is 0.462 e. The van der Waals surface area contributed by atoms with Crippen molar-refractivity contribution >= 4 is 17.9 Å². The summed E-state index contributed by atoms with van der Waals surface area (Å²) in [6.07, 6.45) is 74.4. The summed E-state index contributed by atoms with van der Waals surface area (Å²) in [6, 6.07) is 0. The van der Waals surface area contributed by atoms with Gasteiger partial charge >= 0.3 is 17.9 Å². The van der Waals surface area contributed by atoms with E-state index < -0.39 is 6.10 Å². The van der Waals surface area contributed by atoms with Crippen molar-refractivity contribution in [2.24, 2.45) is 0 Å². The molecule has 0 N–H and O–H groups in total. The van der Waals surface area contributed by atoms with E-state index in [0.29, 0.717) is 19.3 Å². The molecule has 370 valence electrons. The third-order valence-corrected chi connectivity index (χ3v) is 10.5. The summed E-state index contributed by atoms with van der Waals surface area (Å²) in [6.45, 7) is 6.27. The Morgan fingerprint density at radius 2 is 0.682 bits per heavy atom. The molecular formula is C60H94O6. The maximum absolute atomic E-state index is 12.8. The van der Waals surface area contributed by atoms with E-state index in [1.54, 1.807) is 0 Å². The van der Waals surface area contributed by atoms with Crippen LogP contribution in [0.2, 0.25) is 0 Å². The van der Waals surface area contributed by atoms with Crippen molar-refractivity contribution in [1.82, 2.24) is 0 Å². The van der Waals surface area contributed by atoms with Crippen LogP contribution in [0.4, 0.5) is 0 Å². The molecule has 0 rings (SSSR count). The Labute approximate surface area is 405 Å². The average Bonchev–Trinajstić information content (AvgIpc) is 3.31. The van der Waals surface area contributed by atoms with Crippen molar-refractivity contribution in [3.63, 3.8) is 0 Å². The molecule has 0 heterocycles. The van der Waals surface area contributed by atoms with Crippen LogP contribution >= 0.6 is 0 Å². The fourth-order valence-corrected chi connectivity index (χ4v) is 6.61. The van der Waals surface area contributed by atoms with Gasteiger partial charge in [0, 0.05) is 19.3 Å². The molecule has 0 radical (unpaired) electrons. The van der Waals surface area contributed by atoms with Crippen LogP contribution in [-0.4, -0.2) is 37.2 Å². The van der Waals surface area contributed by atoms with Crippen LogP contribution in [0.1, 0.15) is 207 Å². The predicted octanol–water partition coefficient (Wildman–Crippen LogP) is 17.5. The van der Waals surface area contributed by atoms with E-state index in [2.05, 4.69) is 106 Å². The minimum Gasteiger partial charge on any atom is -0.462 e. The Kier molecular flexibility index (Phi) is 49.6. The summed E-state index contributed by atoms with van der Waals surface area (Å²) in [4.78, 5) is 38.0. The number of unbranched alkanes of at least 4 members (excludes halogenated alkanes) is 16. The summed E-state index contributed by atoms with van der Waals surface area (Å²) >= 11 is 0. The molecule has 66 heavy (non-hydrogen) atoms. The molecule has 0 amide bonds. The second-order valence-corrected chi connectivity index (χ2v) is 16.8. The summed E-state index contributed by atoms with van der Waals surface area (Å²) in [5.74, 6) is -1.04. The number of hydrogen-bond donors (Lipinski definition) is 0. The van der Waals surface area contributed by atoms with E-state index in [1.807, 2.05) is 48.6 Å². The topological polar surface area (TPSA) is 78.9 Å². The Morgan fingerprint density at radius 3 is 1.20 bits per heavy atom. The molecule has 6 nitrogen and oxygen atoms in total. The molecule has 0 aromatic rings. The van der Waals surface area contributed by atoms with E-state index in [1.165, 1.54) is 57.8 Å². The van der Waals surface area contributed by atoms with Gasteiger partial charge in [0.05, 0.1) is 0 Å². The average molecular weight is 911 g/mol. The van der Waals surface area contributed by atoms with E-state index >= 15 is 0 Å². The van der Waals surface area contributed by atoms with Gasteiger partial charge in [0.2, 0.25) is 0 Å². The Morgan fingerprint density at radius 1 is 0.333 bits per heavy atom. The number of carbonyl (C=O) groups is 3. The molecule has 0 aliphatic rings. The summed E-state index contributed by atoms with van der Waals surface area (Å²) < 4.78 is 16.7. The Hall–Kier alpha value is -4.45. The van der Waals surface area contributed by atoms with Crippen molar-refractivity contribution in [2.75, 3.05) is 13.2 Å². The van der Waals surface area contributed by atoms with Gasteiger partial charge in [-0.3, -0.25) is 14.4 Å². The Balaban J connectivity index is 4.59. The standard InChI is InChI=1S/C60H94O6/c1-4-7-10-13-16-19-22-25-28-30-33-35-38-41-44-47-50-53-59(62)65-56-57(55-64-58(61)52-49-46-43-40-37-34-31-27-24-21-18-15-12-9-6-3)66-60(63)54-51-48-45-42-39-36-32-29-26-23-20-17-14-11-8-5-2/h7,9-10,12,15-16,18-19,21,24-25,27-29,31-35,37,41,44,57H,4-6,8,11,13-14,17,20,22-23,26,30,36,38-40,42-43,45-56H2,1-3H3/b10-7-,12-9-,18-15-,19-16-,24-21-,28-25-,31-27-,32-29-,35-33-,37-34-,44-41-.